The molecular formula is C32H26F6N2O6Pd2-2. The van der Waals surface area contributed by atoms with Crippen LogP contribution in [0.1, 0.15) is 13.8 Å². The average molecular weight is 861 g/mol. The molecule has 0 saturated heterocycles. The number of rotatable bonds is 4. The molecule has 0 aromatic heterocycles. The fourth-order valence-corrected chi connectivity index (χ4v) is 3.15. The Labute approximate surface area is 298 Å². The van der Waals surface area contributed by atoms with Gasteiger partial charge in [-0.3, -0.25) is 9.59 Å². The Morgan fingerprint density at radius 1 is 0.542 bits per heavy atom. The monoisotopic (exact) mass is 860 g/mol. The van der Waals surface area contributed by atoms with Gasteiger partial charge in [-0.15, -0.1) is 11.1 Å². The van der Waals surface area contributed by atoms with Crippen molar-refractivity contribution in [1.29, 1.82) is 0 Å². The normalized spacial score (nSPS) is 9.83. The summed E-state index contributed by atoms with van der Waals surface area (Å²) in [5.74, 6) is -5.68. The van der Waals surface area contributed by atoms with Crippen LogP contribution in [0.2, 0.25) is 0 Å². The average Bonchev–Trinajstić information content (AvgIpc) is 2.98. The van der Waals surface area contributed by atoms with Gasteiger partial charge in [0.05, 0.1) is 0 Å². The third-order valence-electron chi connectivity index (χ3n) is 4.97. The van der Waals surface area contributed by atoms with Gasteiger partial charge in [0.25, 0.3) is 0 Å². The van der Waals surface area contributed by atoms with Gasteiger partial charge in [0.2, 0.25) is 11.8 Å². The molecular weight excluding hydrogens is 835 g/mol. The van der Waals surface area contributed by atoms with Crippen LogP contribution < -0.4 is 10.6 Å². The Balaban J connectivity index is 0. The van der Waals surface area contributed by atoms with Gasteiger partial charge in [-0.1, -0.05) is 83.2 Å². The number of hydrogen-bond acceptors (Lipinski definition) is 4. The number of carbonyl (C=O) groups excluding carboxylic acids is 2. The molecule has 0 aliphatic heterocycles. The molecule has 0 aliphatic carbocycles. The quantitative estimate of drug-likeness (QED) is 0.0956. The van der Waals surface area contributed by atoms with E-state index >= 15 is 0 Å². The number of carboxylic acids is 2. The molecule has 0 aliphatic rings. The van der Waals surface area contributed by atoms with Gasteiger partial charge >= 0.3 is 24.3 Å². The molecule has 264 valence electrons. The zero-order chi connectivity index (χ0) is 34.9. The van der Waals surface area contributed by atoms with Crippen LogP contribution in [-0.2, 0) is 60.0 Å². The van der Waals surface area contributed by atoms with Crippen LogP contribution in [-0.4, -0.2) is 46.3 Å². The number of carboxylic acid groups (broad SMARTS) is 2. The van der Waals surface area contributed by atoms with E-state index in [9.17, 15) is 35.9 Å². The predicted molar refractivity (Wildman–Crippen MR) is 157 cm³/mol. The summed E-state index contributed by atoms with van der Waals surface area (Å²) < 4.78 is 63.5. The van der Waals surface area contributed by atoms with Crippen molar-refractivity contribution in [2.75, 3.05) is 10.6 Å². The minimum atomic E-state index is -5.08. The van der Waals surface area contributed by atoms with E-state index < -0.39 is 24.3 Å². The van der Waals surface area contributed by atoms with Crippen molar-refractivity contribution in [2.45, 2.75) is 26.2 Å². The van der Waals surface area contributed by atoms with Gasteiger partial charge in [-0.25, -0.2) is 9.59 Å². The fourth-order valence-electron chi connectivity index (χ4n) is 3.15. The van der Waals surface area contributed by atoms with Crippen molar-refractivity contribution in [2.24, 2.45) is 0 Å². The first kappa shape index (κ1) is 45.8. The largest absolute Gasteiger partial charge is 0.490 e. The second-order valence-electron chi connectivity index (χ2n) is 8.62. The predicted octanol–water partition coefficient (Wildman–Crippen LogP) is 7.49. The van der Waals surface area contributed by atoms with Crippen LogP contribution in [0.4, 0.5) is 37.7 Å². The van der Waals surface area contributed by atoms with Crippen molar-refractivity contribution < 1.29 is 96.6 Å². The van der Waals surface area contributed by atoms with E-state index in [4.69, 9.17) is 19.8 Å². The van der Waals surface area contributed by atoms with Gasteiger partial charge in [0.15, 0.2) is 0 Å². The van der Waals surface area contributed by atoms with E-state index in [1.165, 1.54) is 13.8 Å². The van der Waals surface area contributed by atoms with Crippen LogP contribution >= 0.6 is 0 Å². The summed E-state index contributed by atoms with van der Waals surface area (Å²) in [5.41, 5.74) is 5.56. The van der Waals surface area contributed by atoms with E-state index in [0.29, 0.717) is 0 Å². The van der Waals surface area contributed by atoms with Crippen LogP contribution in [0.25, 0.3) is 22.3 Å². The van der Waals surface area contributed by atoms with Gasteiger partial charge in [0.1, 0.15) is 0 Å². The molecule has 4 aromatic carbocycles. The van der Waals surface area contributed by atoms with Gasteiger partial charge in [-0.05, 0) is 0 Å². The van der Waals surface area contributed by atoms with Crippen molar-refractivity contribution in [3.05, 3.63) is 109 Å². The molecule has 0 unspecified atom stereocenters. The molecule has 0 radical (unpaired) electrons. The Kier molecular flexibility index (Phi) is 21.2. The molecule has 16 heteroatoms. The minimum Gasteiger partial charge on any atom is -0.475 e. The molecule has 8 nitrogen and oxygen atoms in total. The maximum atomic E-state index is 11.1. The number of anilines is 2. The van der Waals surface area contributed by atoms with Gasteiger partial charge < -0.3 is 20.8 Å². The zero-order valence-electron chi connectivity index (χ0n) is 24.7. The Hall–Kier alpha value is -4.34. The summed E-state index contributed by atoms with van der Waals surface area (Å²) in [6.45, 7) is 2.99. The number of carbonyl (C=O) groups is 4. The molecule has 4 rings (SSSR count). The van der Waals surface area contributed by atoms with E-state index in [2.05, 4.69) is 22.8 Å². The zero-order valence-corrected chi connectivity index (χ0v) is 27.8. The number of hydrogen-bond donors (Lipinski definition) is 4. The van der Waals surface area contributed by atoms with Crippen molar-refractivity contribution in [1.82, 2.24) is 0 Å². The molecule has 0 spiro atoms. The van der Waals surface area contributed by atoms with E-state index in [0.717, 1.165) is 33.6 Å². The minimum absolute atomic E-state index is 0. The summed E-state index contributed by atoms with van der Waals surface area (Å²) >= 11 is 0. The Morgan fingerprint density at radius 3 is 1.04 bits per heavy atom. The number of alkyl halides is 6. The second kappa shape index (κ2) is 22.3. The van der Waals surface area contributed by atoms with Crippen LogP contribution in [0.3, 0.4) is 0 Å². The number of aliphatic carboxylic acids is 2. The molecule has 4 N–H and O–H groups in total. The summed E-state index contributed by atoms with van der Waals surface area (Å²) in [5, 5.41) is 19.8. The third kappa shape index (κ3) is 18.1. The summed E-state index contributed by atoms with van der Waals surface area (Å²) in [4.78, 5) is 39.9. The molecule has 0 heterocycles. The van der Waals surface area contributed by atoms with Crippen LogP contribution in [0.5, 0.6) is 0 Å². The van der Waals surface area contributed by atoms with Gasteiger partial charge in [-0.2, -0.15) is 74.9 Å². The smallest absolute Gasteiger partial charge is 0.475 e. The Morgan fingerprint density at radius 2 is 0.812 bits per heavy atom. The first-order chi connectivity index (χ1) is 21.4. The van der Waals surface area contributed by atoms with E-state index in [-0.39, 0.29) is 52.7 Å². The summed E-state index contributed by atoms with van der Waals surface area (Å²) in [6.07, 6.45) is -10.2. The number of nitrogens with one attached hydrogen (secondary N) is 2. The molecule has 48 heavy (non-hydrogen) atoms. The molecule has 0 atom stereocenters. The molecule has 0 bridgehead atoms. The maximum absolute atomic E-state index is 11.1. The summed E-state index contributed by atoms with van der Waals surface area (Å²) in [7, 11) is 0. The second-order valence-corrected chi connectivity index (χ2v) is 8.62. The van der Waals surface area contributed by atoms with E-state index in [1.54, 1.807) is 12.1 Å². The number of amides is 2. The van der Waals surface area contributed by atoms with Crippen molar-refractivity contribution in [3.63, 3.8) is 0 Å². The Bertz CT molecular complexity index is 1470. The fraction of sp³-hybridized carbons (Fsp3) is 0.125. The van der Waals surface area contributed by atoms with E-state index in [1.807, 2.05) is 84.9 Å². The third-order valence-corrected chi connectivity index (χ3v) is 4.97. The number of benzene rings is 4. The van der Waals surface area contributed by atoms with Gasteiger partial charge in [0, 0.05) is 54.7 Å². The first-order valence-corrected chi connectivity index (χ1v) is 12.7. The standard InChI is InChI=1S/2C14H12NO.2C2HF3O2.2Pd/c2*1-11(16)15-14-10-6-5-9-13(14)12-7-3-2-4-8-12;2*3-2(4,5)1(6)7;;/h2*2-9H,1H3,(H,15,16);2*(H,6,7);;/q2*-1;;;;. The molecule has 0 saturated carbocycles. The van der Waals surface area contributed by atoms with Crippen molar-refractivity contribution >= 4 is 35.1 Å². The molecule has 4 aromatic rings. The number of para-hydroxylation sites is 2. The van der Waals surface area contributed by atoms with Crippen LogP contribution in [0, 0.1) is 12.1 Å². The molecule has 0 fully saturated rings. The first-order valence-electron chi connectivity index (χ1n) is 12.7. The maximum Gasteiger partial charge on any atom is 0.490 e. The number of halogens is 6. The summed E-state index contributed by atoms with van der Waals surface area (Å²) in [6, 6.07) is 37.3. The van der Waals surface area contributed by atoms with Crippen LogP contribution in [0.15, 0.2) is 97.1 Å². The molecule has 2 amide bonds. The SMILES string of the molecule is CC(=O)Nc1[c-]cccc1-c1ccccc1.CC(=O)Nc1[c-]cccc1-c1ccccc1.O=C(O)C(F)(F)F.O=C(O)C(F)(F)F.[Pd].[Pd]. The topological polar surface area (TPSA) is 133 Å². The van der Waals surface area contributed by atoms with Crippen molar-refractivity contribution in [3.8, 4) is 22.3 Å².